The van der Waals surface area contributed by atoms with Crippen LogP contribution in [0.1, 0.15) is 21.5 Å². The van der Waals surface area contributed by atoms with Gasteiger partial charge in [0.05, 0.1) is 16.4 Å². The van der Waals surface area contributed by atoms with Crippen LogP contribution < -0.4 is 4.74 Å². The van der Waals surface area contributed by atoms with E-state index in [1.807, 2.05) is 12.1 Å². The molecule has 0 unspecified atom stereocenters. The number of hydrogen-bond donors (Lipinski definition) is 0. The molecule has 1 saturated heterocycles. The summed E-state index contributed by atoms with van der Waals surface area (Å²) in [6.45, 7) is -0.205. The number of Topliss-reactive ketones (excluding diaryl/α,β-unsaturated/α-hetero) is 1. The highest BCUT2D eigenvalue weighted by Crippen LogP contribution is 2.35. The number of carbonyl (C=O) groups excluding carboxylic acids is 3. The quantitative estimate of drug-likeness (QED) is 0.128. The SMILES string of the molecule is O=C(CN1C(=O)S/C(=C/c2cc(Br)ccc2OCc2ccc(Cl)cc2)C1=O)c1ccc([N+](=O)[O-])cc1. The fourth-order valence-electron chi connectivity index (χ4n) is 3.29. The van der Waals surface area contributed by atoms with Gasteiger partial charge in [-0.15, -0.1) is 0 Å². The van der Waals surface area contributed by atoms with Crippen LogP contribution in [0.5, 0.6) is 5.75 Å². The van der Waals surface area contributed by atoms with Gasteiger partial charge < -0.3 is 4.74 Å². The van der Waals surface area contributed by atoms with Gasteiger partial charge in [-0.2, -0.15) is 0 Å². The third kappa shape index (κ3) is 6.01. The van der Waals surface area contributed by atoms with Gasteiger partial charge in [-0.3, -0.25) is 29.4 Å². The molecule has 8 nitrogen and oxygen atoms in total. The summed E-state index contributed by atoms with van der Waals surface area (Å²) < 4.78 is 6.69. The number of nitro benzene ring substituents is 1. The molecule has 1 fully saturated rings. The number of carbonyl (C=O) groups is 3. The first-order chi connectivity index (χ1) is 17.2. The van der Waals surface area contributed by atoms with Gasteiger partial charge in [0.15, 0.2) is 5.78 Å². The fourth-order valence-corrected chi connectivity index (χ4v) is 4.62. The van der Waals surface area contributed by atoms with Crippen molar-refractivity contribution in [2.45, 2.75) is 6.61 Å². The van der Waals surface area contributed by atoms with E-state index in [1.54, 1.807) is 36.4 Å². The van der Waals surface area contributed by atoms with Gasteiger partial charge in [0.25, 0.3) is 16.8 Å². The van der Waals surface area contributed by atoms with Crippen LogP contribution in [0.3, 0.4) is 0 Å². The van der Waals surface area contributed by atoms with Crippen molar-refractivity contribution in [3.63, 3.8) is 0 Å². The zero-order valence-corrected chi connectivity index (χ0v) is 21.5. The number of thioether (sulfide) groups is 1. The first-order valence-corrected chi connectivity index (χ1v) is 12.4. The molecular weight excluding hydrogens is 572 g/mol. The zero-order valence-electron chi connectivity index (χ0n) is 18.4. The van der Waals surface area contributed by atoms with Crippen LogP contribution in [0.15, 0.2) is 76.1 Å². The molecule has 1 aliphatic rings. The maximum absolute atomic E-state index is 12.9. The van der Waals surface area contributed by atoms with Crippen LogP contribution in [0.25, 0.3) is 6.08 Å². The highest BCUT2D eigenvalue weighted by Gasteiger charge is 2.36. The molecule has 4 rings (SSSR count). The van der Waals surface area contributed by atoms with E-state index < -0.39 is 28.4 Å². The molecule has 182 valence electrons. The number of halogens is 2. The Hall–Kier alpha value is -3.47. The second-order valence-corrected chi connectivity index (χ2v) is 9.94. The van der Waals surface area contributed by atoms with Gasteiger partial charge in [-0.1, -0.05) is 39.7 Å². The van der Waals surface area contributed by atoms with E-state index in [2.05, 4.69) is 15.9 Å². The number of ketones is 1. The van der Waals surface area contributed by atoms with Crippen molar-refractivity contribution in [2.75, 3.05) is 6.54 Å². The fraction of sp³-hybridized carbons (Fsp3) is 0.0800. The van der Waals surface area contributed by atoms with Gasteiger partial charge in [0.1, 0.15) is 12.4 Å². The number of rotatable bonds is 8. The molecule has 1 aliphatic heterocycles. The van der Waals surface area contributed by atoms with Crippen molar-refractivity contribution in [2.24, 2.45) is 0 Å². The third-order valence-corrected chi connectivity index (χ3v) is 6.79. The maximum Gasteiger partial charge on any atom is 0.293 e. The number of ether oxygens (including phenoxy) is 1. The van der Waals surface area contributed by atoms with E-state index in [9.17, 15) is 24.5 Å². The molecule has 0 N–H and O–H groups in total. The predicted molar refractivity (Wildman–Crippen MR) is 140 cm³/mol. The van der Waals surface area contributed by atoms with Crippen LogP contribution in [0, 0.1) is 10.1 Å². The Morgan fingerprint density at radius 2 is 1.78 bits per heavy atom. The van der Waals surface area contributed by atoms with Crippen LogP contribution >= 0.6 is 39.3 Å². The van der Waals surface area contributed by atoms with Crippen LogP contribution in [-0.4, -0.2) is 33.3 Å². The summed E-state index contributed by atoms with van der Waals surface area (Å²) in [7, 11) is 0. The summed E-state index contributed by atoms with van der Waals surface area (Å²) in [6.07, 6.45) is 1.54. The van der Waals surface area contributed by atoms with E-state index in [4.69, 9.17) is 16.3 Å². The number of amides is 2. The summed E-state index contributed by atoms with van der Waals surface area (Å²) in [5.74, 6) is -0.617. The lowest BCUT2D eigenvalue weighted by molar-refractivity contribution is -0.384. The Labute approximate surface area is 223 Å². The number of hydrogen-bond acceptors (Lipinski definition) is 7. The minimum absolute atomic E-state index is 0.144. The van der Waals surface area contributed by atoms with Crippen molar-refractivity contribution in [1.29, 1.82) is 0 Å². The van der Waals surface area contributed by atoms with E-state index in [0.29, 0.717) is 16.3 Å². The summed E-state index contributed by atoms with van der Waals surface area (Å²) in [5, 5.41) is 10.8. The number of non-ortho nitro benzene ring substituents is 1. The number of nitro groups is 1. The smallest absolute Gasteiger partial charge is 0.293 e. The second-order valence-electron chi connectivity index (χ2n) is 7.59. The molecule has 0 radical (unpaired) electrons. The van der Waals surface area contributed by atoms with E-state index in [-0.39, 0.29) is 22.8 Å². The Bertz CT molecular complexity index is 1390. The molecule has 0 saturated carbocycles. The Morgan fingerprint density at radius 1 is 1.08 bits per heavy atom. The molecule has 1 heterocycles. The van der Waals surface area contributed by atoms with Crippen molar-refractivity contribution >= 4 is 68.0 Å². The van der Waals surface area contributed by atoms with Crippen LogP contribution in [-0.2, 0) is 11.4 Å². The Balaban J connectivity index is 1.50. The normalized spacial score (nSPS) is 14.4. The van der Waals surface area contributed by atoms with Gasteiger partial charge >= 0.3 is 0 Å². The largest absolute Gasteiger partial charge is 0.488 e. The van der Waals surface area contributed by atoms with Crippen molar-refractivity contribution in [1.82, 2.24) is 4.90 Å². The van der Waals surface area contributed by atoms with E-state index >= 15 is 0 Å². The van der Waals surface area contributed by atoms with Crippen molar-refractivity contribution in [3.8, 4) is 5.75 Å². The van der Waals surface area contributed by atoms with E-state index in [1.165, 1.54) is 24.3 Å². The topological polar surface area (TPSA) is 107 Å². The highest BCUT2D eigenvalue weighted by atomic mass is 79.9. The Kier molecular flexibility index (Phi) is 7.88. The molecule has 0 atom stereocenters. The number of nitrogens with zero attached hydrogens (tertiary/aromatic N) is 2. The summed E-state index contributed by atoms with van der Waals surface area (Å²) in [5.41, 5.74) is 1.47. The average Bonchev–Trinajstić information content (AvgIpc) is 3.12. The van der Waals surface area contributed by atoms with E-state index in [0.717, 1.165) is 26.7 Å². The molecule has 2 amide bonds. The van der Waals surface area contributed by atoms with Gasteiger partial charge in [-0.05, 0) is 65.9 Å². The van der Waals surface area contributed by atoms with Gasteiger partial charge in [-0.25, -0.2) is 0 Å². The molecule has 0 bridgehead atoms. The number of benzene rings is 3. The van der Waals surface area contributed by atoms with Crippen LogP contribution in [0.2, 0.25) is 5.02 Å². The first kappa shape index (κ1) is 25.6. The third-order valence-electron chi connectivity index (χ3n) is 5.14. The summed E-state index contributed by atoms with van der Waals surface area (Å²) >= 11 is 10.1. The maximum atomic E-state index is 12.9. The number of imide groups is 1. The monoisotopic (exact) mass is 586 g/mol. The standard InChI is InChI=1S/C25H16BrClN2O6S/c26-18-5-10-22(35-14-15-1-6-19(27)7-2-15)17(11-18)12-23-24(31)28(25(32)36-23)13-21(30)16-3-8-20(9-4-16)29(33)34/h1-12H,13-14H2/b23-12+. The lowest BCUT2D eigenvalue weighted by atomic mass is 10.1. The molecule has 0 aromatic heterocycles. The molecular formula is C25H16BrClN2O6S. The summed E-state index contributed by atoms with van der Waals surface area (Å²) in [6, 6.07) is 17.5. The lowest BCUT2D eigenvalue weighted by Gasteiger charge is -2.12. The minimum Gasteiger partial charge on any atom is -0.488 e. The minimum atomic E-state index is -0.608. The molecule has 0 aliphatic carbocycles. The van der Waals surface area contributed by atoms with Gasteiger partial charge in [0.2, 0.25) is 0 Å². The lowest BCUT2D eigenvalue weighted by Crippen LogP contribution is -2.33. The van der Waals surface area contributed by atoms with Crippen molar-refractivity contribution < 1.29 is 24.0 Å². The molecule has 0 spiro atoms. The molecule has 3 aromatic carbocycles. The highest BCUT2D eigenvalue weighted by molar-refractivity contribution is 9.10. The predicted octanol–water partition coefficient (Wildman–Crippen LogP) is 6.51. The first-order valence-electron chi connectivity index (χ1n) is 10.4. The van der Waals surface area contributed by atoms with Gasteiger partial charge in [0, 0.05) is 32.8 Å². The zero-order chi connectivity index (χ0) is 25.8. The molecule has 3 aromatic rings. The molecule has 11 heteroatoms. The average molecular weight is 588 g/mol. The van der Waals surface area contributed by atoms with Crippen molar-refractivity contribution in [3.05, 3.63) is 108 Å². The Morgan fingerprint density at radius 3 is 2.44 bits per heavy atom. The second kappa shape index (κ2) is 11.1. The van der Waals surface area contributed by atoms with Crippen LogP contribution in [0.4, 0.5) is 10.5 Å². The summed E-state index contributed by atoms with van der Waals surface area (Å²) in [4.78, 5) is 49.3. The molecule has 36 heavy (non-hydrogen) atoms.